The molecule has 6 N–H and O–H groups in total. The van der Waals surface area contributed by atoms with Gasteiger partial charge in [0, 0.05) is 12.8 Å². The number of nitrogens with two attached hydrogens (primary N) is 2. The highest BCUT2D eigenvalue weighted by atomic mass is 35.5. The zero-order chi connectivity index (χ0) is 16.8. The van der Waals surface area contributed by atoms with Crippen molar-refractivity contribution in [1.82, 2.24) is 19.9 Å². The summed E-state index contributed by atoms with van der Waals surface area (Å²) in [6.07, 6.45) is 1.63. The van der Waals surface area contributed by atoms with Crippen molar-refractivity contribution >= 4 is 46.9 Å². The summed E-state index contributed by atoms with van der Waals surface area (Å²) in [4.78, 5) is 15.1. The molecule has 140 valence electrons. The first-order valence-electron chi connectivity index (χ1n) is 8.07. The summed E-state index contributed by atoms with van der Waals surface area (Å²) in [7, 11) is 0. The molecule has 0 saturated carbocycles. The van der Waals surface area contributed by atoms with E-state index in [1.807, 2.05) is 48.5 Å². The topological polar surface area (TPSA) is 109 Å². The Bertz CT molecular complexity index is 776. The molecule has 2 heterocycles. The summed E-state index contributed by atoms with van der Waals surface area (Å²) in [6, 6.07) is 16.0. The van der Waals surface area contributed by atoms with Gasteiger partial charge in [0.15, 0.2) is 0 Å². The lowest BCUT2D eigenvalue weighted by Gasteiger charge is -1.87. The first-order valence-corrected chi connectivity index (χ1v) is 8.07. The predicted octanol–water partition coefficient (Wildman–Crippen LogP) is 2.97. The van der Waals surface area contributed by atoms with Crippen LogP contribution in [0, 0.1) is 0 Å². The van der Waals surface area contributed by atoms with Crippen molar-refractivity contribution in [3.8, 4) is 0 Å². The van der Waals surface area contributed by atoms with E-state index >= 15 is 0 Å². The third-order valence-corrected chi connectivity index (χ3v) is 3.64. The van der Waals surface area contributed by atoms with Gasteiger partial charge in [-0.25, -0.2) is 9.97 Å². The average molecular weight is 395 g/mol. The first kappa shape index (κ1) is 21.9. The molecule has 4 rings (SSSR count). The van der Waals surface area contributed by atoms with E-state index in [0.29, 0.717) is 13.1 Å². The number of hydrogen-bond acceptors (Lipinski definition) is 4. The monoisotopic (exact) mass is 394 g/mol. The lowest BCUT2D eigenvalue weighted by molar-refractivity contribution is 0.900. The fourth-order valence-corrected chi connectivity index (χ4v) is 2.52. The van der Waals surface area contributed by atoms with E-state index in [4.69, 9.17) is 11.5 Å². The molecule has 0 aliphatic carbocycles. The van der Waals surface area contributed by atoms with E-state index in [0.717, 1.165) is 46.6 Å². The molecule has 26 heavy (non-hydrogen) atoms. The van der Waals surface area contributed by atoms with Gasteiger partial charge in [0.05, 0.1) is 22.1 Å². The molecule has 2 aromatic heterocycles. The van der Waals surface area contributed by atoms with E-state index < -0.39 is 0 Å². The van der Waals surface area contributed by atoms with Crippen molar-refractivity contribution in [3.05, 3.63) is 60.2 Å². The van der Waals surface area contributed by atoms with Crippen LogP contribution < -0.4 is 11.5 Å². The molecule has 0 aliphatic rings. The Kier molecular flexibility index (Phi) is 9.09. The molecule has 0 unspecified atom stereocenters. The second kappa shape index (κ2) is 10.8. The Morgan fingerprint density at radius 1 is 0.654 bits per heavy atom. The van der Waals surface area contributed by atoms with Crippen molar-refractivity contribution in [2.45, 2.75) is 12.8 Å². The number of halogens is 2. The summed E-state index contributed by atoms with van der Waals surface area (Å²) in [5, 5.41) is 0. The van der Waals surface area contributed by atoms with E-state index in [-0.39, 0.29) is 24.8 Å². The zero-order valence-electron chi connectivity index (χ0n) is 14.3. The lowest BCUT2D eigenvalue weighted by Crippen LogP contribution is -2.03. The molecule has 0 radical (unpaired) electrons. The number of hydrogen-bond donors (Lipinski definition) is 4. The van der Waals surface area contributed by atoms with Gasteiger partial charge in [-0.05, 0) is 37.4 Å². The number of nitrogens with zero attached hydrogens (tertiary/aromatic N) is 2. The SMILES string of the molecule is Cl.Cl.NCCc1nc2ccccc2[nH]1.NCCc1nc2ccccc2[nH]1. The second-order valence-corrected chi connectivity index (χ2v) is 5.48. The maximum atomic E-state index is 5.42. The van der Waals surface area contributed by atoms with Gasteiger partial charge < -0.3 is 21.4 Å². The quantitative estimate of drug-likeness (QED) is 0.426. The maximum Gasteiger partial charge on any atom is 0.108 e. The molecule has 0 aliphatic heterocycles. The molecule has 4 aromatic rings. The molecule has 0 bridgehead atoms. The number of benzene rings is 2. The number of aromatic nitrogens is 4. The fraction of sp³-hybridized carbons (Fsp3) is 0.222. The van der Waals surface area contributed by atoms with Gasteiger partial charge in [-0.2, -0.15) is 0 Å². The third-order valence-electron chi connectivity index (χ3n) is 3.64. The minimum Gasteiger partial charge on any atom is -0.342 e. The molecule has 0 saturated heterocycles. The normalized spacial score (nSPS) is 9.92. The zero-order valence-corrected chi connectivity index (χ0v) is 15.9. The Hall–Kier alpha value is -2.12. The Labute approximate surface area is 164 Å². The molecule has 6 nitrogen and oxygen atoms in total. The van der Waals surface area contributed by atoms with Crippen LogP contribution in [0.1, 0.15) is 11.6 Å². The van der Waals surface area contributed by atoms with Crippen LogP contribution in [0.15, 0.2) is 48.5 Å². The van der Waals surface area contributed by atoms with E-state index in [9.17, 15) is 0 Å². The lowest BCUT2D eigenvalue weighted by atomic mass is 10.3. The number of imidazole rings is 2. The van der Waals surface area contributed by atoms with Gasteiger partial charge >= 0.3 is 0 Å². The smallest absolute Gasteiger partial charge is 0.108 e. The predicted molar refractivity (Wildman–Crippen MR) is 112 cm³/mol. The number of rotatable bonds is 4. The van der Waals surface area contributed by atoms with Crippen LogP contribution in [0.4, 0.5) is 0 Å². The molecule has 0 atom stereocenters. The third kappa shape index (κ3) is 5.44. The number of H-pyrrole nitrogens is 2. The highest BCUT2D eigenvalue weighted by molar-refractivity contribution is 5.85. The van der Waals surface area contributed by atoms with Crippen LogP contribution in [-0.2, 0) is 12.8 Å². The molecule has 0 amide bonds. The largest absolute Gasteiger partial charge is 0.342 e. The summed E-state index contributed by atoms with van der Waals surface area (Å²) >= 11 is 0. The van der Waals surface area contributed by atoms with Gasteiger partial charge in [-0.3, -0.25) is 0 Å². The molecule has 0 fully saturated rings. The van der Waals surface area contributed by atoms with E-state index in [1.54, 1.807) is 0 Å². The maximum absolute atomic E-state index is 5.42. The molecular weight excluding hydrogens is 371 g/mol. The minimum atomic E-state index is 0. The fourth-order valence-electron chi connectivity index (χ4n) is 2.52. The summed E-state index contributed by atoms with van der Waals surface area (Å²) < 4.78 is 0. The molecular formula is C18H24Cl2N6. The van der Waals surface area contributed by atoms with Crippen LogP contribution in [0.2, 0.25) is 0 Å². The Balaban J connectivity index is 0.000000241. The van der Waals surface area contributed by atoms with Crippen molar-refractivity contribution < 1.29 is 0 Å². The van der Waals surface area contributed by atoms with Crippen LogP contribution in [0.5, 0.6) is 0 Å². The Morgan fingerprint density at radius 2 is 1.04 bits per heavy atom. The van der Waals surface area contributed by atoms with Crippen LogP contribution >= 0.6 is 24.8 Å². The van der Waals surface area contributed by atoms with E-state index in [2.05, 4.69) is 19.9 Å². The van der Waals surface area contributed by atoms with Gasteiger partial charge in [-0.15, -0.1) is 24.8 Å². The minimum absolute atomic E-state index is 0. The van der Waals surface area contributed by atoms with Gasteiger partial charge in [0.1, 0.15) is 11.6 Å². The standard InChI is InChI=1S/2C9H11N3.2ClH/c2*10-6-5-9-11-7-3-1-2-4-8(7)12-9;;/h2*1-4H,5-6,10H2,(H,11,12);2*1H. The molecule has 0 spiro atoms. The van der Waals surface area contributed by atoms with Gasteiger partial charge in [-0.1, -0.05) is 24.3 Å². The van der Waals surface area contributed by atoms with Crippen LogP contribution in [-0.4, -0.2) is 33.0 Å². The summed E-state index contributed by atoms with van der Waals surface area (Å²) in [6.45, 7) is 1.28. The van der Waals surface area contributed by atoms with Gasteiger partial charge in [0.2, 0.25) is 0 Å². The summed E-state index contributed by atoms with van der Waals surface area (Å²) in [5.41, 5.74) is 15.0. The average Bonchev–Trinajstić information content (AvgIpc) is 3.18. The first-order chi connectivity index (χ1) is 11.8. The van der Waals surface area contributed by atoms with Crippen LogP contribution in [0.25, 0.3) is 22.1 Å². The molecule has 8 heteroatoms. The second-order valence-electron chi connectivity index (χ2n) is 5.48. The van der Waals surface area contributed by atoms with Crippen molar-refractivity contribution in [1.29, 1.82) is 0 Å². The van der Waals surface area contributed by atoms with Crippen molar-refractivity contribution in [3.63, 3.8) is 0 Å². The van der Waals surface area contributed by atoms with Crippen LogP contribution in [0.3, 0.4) is 0 Å². The Morgan fingerprint density at radius 3 is 1.38 bits per heavy atom. The van der Waals surface area contributed by atoms with Crippen molar-refractivity contribution in [2.75, 3.05) is 13.1 Å². The molecule has 2 aromatic carbocycles. The van der Waals surface area contributed by atoms with Crippen molar-refractivity contribution in [2.24, 2.45) is 11.5 Å². The van der Waals surface area contributed by atoms with Gasteiger partial charge in [0.25, 0.3) is 0 Å². The number of para-hydroxylation sites is 4. The highest BCUT2D eigenvalue weighted by Gasteiger charge is 1.99. The summed E-state index contributed by atoms with van der Waals surface area (Å²) in [5.74, 6) is 1.94. The number of nitrogens with one attached hydrogen (secondary N) is 2. The number of aromatic amines is 2. The number of fused-ring (bicyclic) bond motifs is 2. The highest BCUT2D eigenvalue weighted by Crippen LogP contribution is 2.10. The van der Waals surface area contributed by atoms with E-state index in [1.165, 1.54) is 0 Å².